The highest BCUT2D eigenvalue weighted by molar-refractivity contribution is 7.92. The molecule has 32 heavy (non-hydrogen) atoms. The van der Waals surface area contributed by atoms with E-state index in [-0.39, 0.29) is 35.1 Å². The van der Waals surface area contributed by atoms with Crippen LogP contribution >= 0.6 is 0 Å². The summed E-state index contributed by atoms with van der Waals surface area (Å²) in [6, 6.07) is 4.87. The first-order chi connectivity index (χ1) is 15.1. The van der Waals surface area contributed by atoms with Crippen molar-refractivity contribution in [2.24, 2.45) is 0 Å². The summed E-state index contributed by atoms with van der Waals surface area (Å²) < 4.78 is 53.2. The summed E-state index contributed by atoms with van der Waals surface area (Å²) in [6.07, 6.45) is 3.87. The molecule has 2 aliphatic rings. The molecule has 2 aromatic rings. The fourth-order valence-corrected chi connectivity index (χ4v) is 7.01. The second-order valence-corrected chi connectivity index (χ2v) is 12.1. The molecule has 1 saturated heterocycles. The lowest BCUT2D eigenvalue weighted by atomic mass is 10.2. The zero-order valence-corrected chi connectivity index (χ0v) is 19.0. The lowest BCUT2D eigenvalue weighted by Gasteiger charge is -2.12. The van der Waals surface area contributed by atoms with Gasteiger partial charge in [0.2, 0.25) is 15.9 Å². The number of sulfonamides is 1. The van der Waals surface area contributed by atoms with Crippen LogP contribution in [0.4, 0.5) is 5.69 Å². The molecule has 11 nitrogen and oxygen atoms in total. The first kappa shape index (κ1) is 22.7. The number of carbonyl (C=O) groups excluding carboxylic acids is 1. The normalized spacial score (nSPS) is 20.4. The van der Waals surface area contributed by atoms with Crippen LogP contribution in [0.25, 0.3) is 0 Å². The van der Waals surface area contributed by atoms with E-state index in [1.807, 2.05) is 0 Å². The number of aryl methyl sites for hydroxylation is 1. The van der Waals surface area contributed by atoms with Gasteiger partial charge in [0.25, 0.3) is 0 Å². The summed E-state index contributed by atoms with van der Waals surface area (Å²) in [4.78, 5) is 24.8. The van der Waals surface area contributed by atoms with E-state index < -0.39 is 31.8 Å². The van der Waals surface area contributed by atoms with Gasteiger partial charge in [-0.2, -0.15) is 5.10 Å². The maximum absolute atomic E-state index is 12.5. The zero-order valence-electron chi connectivity index (χ0n) is 17.4. The minimum absolute atomic E-state index is 0.0335. The number of sulfone groups is 1. The number of amides is 1. The van der Waals surface area contributed by atoms with Gasteiger partial charge in [0.05, 0.1) is 16.4 Å². The highest BCUT2D eigenvalue weighted by Gasteiger charge is 2.31. The Labute approximate surface area is 185 Å². The molecule has 1 aromatic heterocycles. The quantitative estimate of drug-likeness (QED) is 0.581. The third-order valence-corrected chi connectivity index (χ3v) is 8.88. The molecule has 1 fully saturated rings. The van der Waals surface area contributed by atoms with Gasteiger partial charge in [-0.05, 0) is 43.5 Å². The molecule has 1 amide bonds. The highest BCUT2D eigenvalue weighted by Crippen LogP contribution is 2.18. The van der Waals surface area contributed by atoms with E-state index in [0.717, 1.165) is 23.9 Å². The van der Waals surface area contributed by atoms with Crippen LogP contribution < -0.4 is 15.7 Å². The summed E-state index contributed by atoms with van der Waals surface area (Å²) in [5, 5.41) is 6.90. The Balaban J connectivity index is 1.38. The molecule has 2 N–H and O–H groups in total. The molecule has 0 saturated carbocycles. The maximum atomic E-state index is 12.5. The van der Waals surface area contributed by atoms with Gasteiger partial charge < -0.3 is 5.32 Å². The molecule has 174 valence electrons. The molecule has 0 unspecified atom stereocenters. The van der Waals surface area contributed by atoms with Crippen LogP contribution in [0.3, 0.4) is 0 Å². The van der Waals surface area contributed by atoms with Crippen molar-refractivity contribution in [3.63, 3.8) is 0 Å². The van der Waals surface area contributed by atoms with E-state index in [4.69, 9.17) is 0 Å². The monoisotopic (exact) mass is 483 g/mol. The van der Waals surface area contributed by atoms with Crippen LogP contribution in [0.2, 0.25) is 0 Å². The van der Waals surface area contributed by atoms with Crippen molar-refractivity contribution < 1.29 is 21.6 Å². The Hall–Kier alpha value is -2.51. The molecule has 3 heterocycles. The fourth-order valence-electron chi connectivity index (χ4n) is 3.96. The minimum atomic E-state index is -3.88. The molecule has 0 aliphatic carbocycles. The Morgan fingerprint density at radius 1 is 1.16 bits per heavy atom. The smallest absolute Gasteiger partial charge is 0.324 e. The third-order valence-electron chi connectivity index (χ3n) is 5.58. The van der Waals surface area contributed by atoms with E-state index in [1.54, 1.807) is 4.57 Å². The maximum Gasteiger partial charge on any atom is 0.346 e. The number of anilines is 1. The van der Waals surface area contributed by atoms with Crippen molar-refractivity contribution in [1.82, 2.24) is 19.1 Å². The number of rotatable bonds is 6. The predicted molar refractivity (Wildman–Crippen MR) is 116 cm³/mol. The molecule has 0 radical (unpaired) electrons. The van der Waals surface area contributed by atoms with Crippen LogP contribution in [-0.2, 0) is 44.2 Å². The largest absolute Gasteiger partial charge is 0.346 e. The molecule has 1 atom stereocenters. The van der Waals surface area contributed by atoms with Gasteiger partial charge in [-0.15, -0.1) is 0 Å². The number of aromatic nitrogens is 3. The highest BCUT2D eigenvalue weighted by atomic mass is 32.2. The summed E-state index contributed by atoms with van der Waals surface area (Å²) in [5.74, 6) is -0.00626. The second-order valence-electron chi connectivity index (χ2n) is 8.11. The lowest BCUT2D eigenvalue weighted by molar-refractivity contribution is -0.117. The molecular formula is C19H25N5O6S2. The van der Waals surface area contributed by atoms with Gasteiger partial charge in [0, 0.05) is 24.7 Å². The number of nitrogens with zero attached hydrogens (tertiary/aromatic N) is 3. The van der Waals surface area contributed by atoms with Crippen molar-refractivity contribution >= 4 is 31.5 Å². The molecule has 0 spiro atoms. The van der Waals surface area contributed by atoms with Gasteiger partial charge >= 0.3 is 5.69 Å². The van der Waals surface area contributed by atoms with Crippen molar-refractivity contribution in [1.29, 1.82) is 0 Å². The standard InChI is InChI=1S/C19H25N5O6S2/c25-18(12-24-19(26)23-10-3-1-2-4-17(23)21-24)20-14-5-7-16(8-6-14)32(29,30)22-15-9-11-31(27,28)13-15/h5-8,15,22H,1-4,9-13H2,(H,20,25)/t15-/m1/s1. The third kappa shape index (κ3) is 5.10. The zero-order chi connectivity index (χ0) is 22.9. The summed E-state index contributed by atoms with van der Waals surface area (Å²) in [7, 11) is -7.09. The van der Waals surface area contributed by atoms with Gasteiger partial charge in [0.1, 0.15) is 12.4 Å². The molecule has 13 heteroatoms. The number of nitrogens with one attached hydrogen (secondary N) is 2. The van der Waals surface area contributed by atoms with Gasteiger partial charge in [-0.3, -0.25) is 9.36 Å². The molecule has 0 bridgehead atoms. The van der Waals surface area contributed by atoms with Gasteiger partial charge in [-0.1, -0.05) is 6.42 Å². The fraction of sp³-hybridized carbons (Fsp3) is 0.526. The van der Waals surface area contributed by atoms with Crippen LogP contribution in [0.1, 0.15) is 31.5 Å². The van der Waals surface area contributed by atoms with Crippen molar-refractivity contribution in [2.75, 3.05) is 16.8 Å². The summed E-state index contributed by atoms with van der Waals surface area (Å²) >= 11 is 0. The summed E-state index contributed by atoms with van der Waals surface area (Å²) in [6.45, 7) is 0.364. The van der Waals surface area contributed by atoms with Crippen molar-refractivity contribution in [3.8, 4) is 0 Å². The number of carbonyl (C=O) groups is 1. The van der Waals surface area contributed by atoms with Crippen LogP contribution in [0.5, 0.6) is 0 Å². The molecule has 4 rings (SSSR count). The number of fused-ring (bicyclic) bond motifs is 1. The SMILES string of the molecule is O=C(Cn1nc2n(c1=O)CCCCC2)Nc1ccc(S(=O)(=O)N[C@@H]2CCS(=O)(=O)C2)cc1. The molecule has 1 aromatic carbocycles. The molecule has 2 aliphatic heterocycles. The predicted octanol–water partition coefficient (Wildman–Crippen LogP) is -0.125. The minimum Gasteiger partial charge on any atom is -0.324 e. The number of benzene rings is 1. The van der Waals surface area contributed by atoms with E-state index in [9.17, 15) is 26.4 Å². The first-order valence-corrected chi connectivity index (χ1v) is 13.7. The Morgan fingerprint density at radius 3 is 2.59 bits per heavy atom. The second kappa shape index (κ2) is 8.79. The van der Waals surface area contributed by atoms with Crippen molar-refractivity contribution in [3.05, 3.63) is 40.6 Å². The van der Waals surface area contributed by atoms with Crippen LogP contribution in [0.15, 0.2) is 34.0 Å². The topological polar surface area (TPSA) is 149 Å². The van der Waals surface area contributed by atoms with Crippen LogP contribution in [-0.4, -0.2) is 54.6 Å². The van der Waals surface area contributed by atoms with E-state index >= 15 is 0 Å². The van der Waals surface area contributed by atoms with Gasteiger partial charge in [-0.25, -0.2) is 31.0 Å². The van der Waals surface area contributed by atoms with E-state index in [0.29, 0.717) is 24.5 Å². The average molecular weight is 484 g/mol. The number of hydrogen-bond acceptors (Lipinski definition) is 7. The first-order valence-electron chi connectivity index (χ1n) is 10.4. The number of hydrogen-bond donors (Lipinski definition) is 2. The van der Waals surface area contributed by atoms with E-state index in [1.165, 1.54) is 24.3 Å². The average Bonchev–Trinajstić information content (AvgIpc) is 3.09. The Bertz CT molecular complexity index is 1280. The van der Waals surface area contributed by atoms with E-state index in [2.05, 4.69) is 15.1 Å². The lowest BCUT2D eigenvalue weighted by Crippen LogP contribution is -2.35. The van der Waals surface area contributed by atoms with Crippen molar-refractivity contribution in [2.45, 2.75) is 56.1 Å². The Kier molecular flexibility index (Phi) is 6.23. The Morgan fingerprint density at radius 2 is 1.91 bits per heavy atom. The summed E-state index contributed by atoms with van der Waals surface area (Å²) in [5.41, 5.74) is 0.0599. The molecular weight excluding hydrogens is 458 g/mol. The van der Waals surface area contributed by atoms with Gasteiger partial charge in [0.15, 0.2) is 9.84 Å². The van der Waals surface area contributed by atoms with Crippen LogP contribution in [0, 0.1) is 0 Å².